The molecular formula is C13H8F3N3O2. The fraction of sp³-hybridized carbons (Fsp3) is 0.0769. The Kier molecular flexibility index (Phi) is 2.93. The molecule has 21 heavy (non-hydrogen) atoms. The Morgan fingerprint density at radius 2 is 2.00 bits per heavy atom. The summed E-state index contributed by atoms with van der Waals surface area (Å²) in [6.45, 7) is 0. The molecule has 2 heterocycles. The van der Waals surface area contributed by atoms with E-state index in [1.807, 2.05) is 0 Å². The summed E-state index contributed by atoms with van der Waals surface area (Å²) in [5.41, 5.74) is 0.598. The lowest BCUT2D eigenvalue weighted by molar-refractivity contribution is -0.137. The van der Waals surface area contributed by atoms with Crippen LogP contribution in [0.4, 0.5) is 24.7 Å². The second-order valence-corrected chi connectivity index (χ2v) is 4.28. The molecule has 8 heteroatoms. The maximum Gasteiger partial charge on any atom is 0.417 e. The number of halogens is 3. The first-order chi connectivity index (χ1) is 9.91. The van der Waals surface area contributed by atoms with Gasteiger partial charge >= 0.3 is 11.9 Å². The van der Waals surface area contributed by atoms with E-state index in [0.29, 0.717) is 16.8 Å². The van der Waals surface area contributed by atoms with Crippen LogP contribution in [-0.4, -0.2) is 9.97 Å². The fourth-order valence-corrected chi connectivity index (χ4v) is 1.81. The summed E-state index contributed by atoms with van der Waals surface area (Å²) >= 11 is 0. The largest absolute Gasteiger partial charge is 0.417 e. The third-order valence-electron chi connectivity index (χ3n) is 2.78. The van der Waals surface area contributed by atoms with Gasteiger partial charge in [0.15, 0.2) is 5.58 Å². The number of pyridine rings is 1. The minimum Gasteiger partial charge on any atom is -0.408 e. The molecule has 0 aliphatic rings. The first-order valence-corrected chi connectivity index (χ1v) is 5.85. The highest BCUT2D eigenvalue weighted by atomic mass is 19.4. The monoisotopic (exact) mass is 295 g/mol. The van der Waals surface area contributed by atoms with E-state index < -0.39 is 17.5 Å². The van der Waals surface area contributed by atoms with E-state index in [2.05, 4.69) is 15.3 Å². The van der Waals surface area contributed by atoms with Gasteiger partial charge in [-0.2, -0.15) is 13.2 Å². The quantitative estimate of drug-likeness (QED) is 0.761. The number of benzene rings is 1. The summed E-state index contributed by atoms with van der Waals surface area (Å²) in [5.74, 6) is -0.324. The number of anilines is 2. The molecule has 0 unspecified atom stereocenters. The second kappa shape index (κ2) is 4.65. The summed E-state index contributed by atoms with van der Waals surface area (Å²) in [6.07, 6.45) is -3.67. The fourth-order valence-electron chi connectivity index (χ4n) is 1.81. The van der Waals surface area contributed by atoms with Crippen LogP contribution in [0.3, 0.4) is 0 Å². The molecule has 0 saturated carbocycles. The predicted octanol–water partition coefficient (Wildman–Crippen LogP) is 3.28. The van der Waals surface area contributed by atoms with E-state index in [4.69, 9.17) is 4.42 Å². The van der Waals surface area contributed by atoms with E-state index in [1.165, 1.54) is 6.07 Å². The molecule has 2 N–H and O–H groups in total. The molecule has 108 valence electrons. The Hall–Kier alpha value is -2.77. The van der Waals surface area contributed by atoms with Crippen molar-refractivity contribution < 1.29 is 17.6 Å². The highest BCUT2D eigenvalue weighted by Crippen LogP contribution is 2.29. The molecule has 0 aliphatic heterocycles. The van der Waals surface area contributed by atoms with Gasteiger partial charge in [0.25, 0.3) is 0 Å². The van der Waals surface area contributed by atoms with Crippen molar-refractivity contribution in [1.82, 2.24) is 9.97 Å². The zero-order chi connectivity index (χ0) is 15.0. The van der Waals surface area contributed by atoms with Crippen LogP contribution in [-0.2, 0) is 6.18 Å². The molecule has 0 fully saturated rings. The number of alkyl halides is 3. The van der Waals surface area contributed by atoms with Crippen molar-refractivity contribution in [3.05, 3.63) is 52.6 Å². The highest BCUT2D eigenvalue weighted by molar-refractivity contribution is 5.77. The summed E-state index contributed by atoms with van der Waals surface area (Å²) in [5, 5.41) is 2.83. The molecule has 2 aromatic heterocycles. The maximum atomic E-state index is 12.4. The smallest absolute Gasteiger partial charge is 0.408 e. The molecule has 0 atom stereocenters. The molecule has 0 saturated heterocycles. The molecule has 5 nitrogen and oxygen atoms in total. The van der Waals surface area contributed by atoms with Crippen LogP contribution in [0.15, 0.2) is 45.7 Å². The first-order valence-electron chi connectivity index (χ1n) is 5.85. The predicted molar refractivity (Wildman–Crippen MR) is 69.4 cm³/mol. The molecule has 3 rings (SSSR count). The van der Waals surface area contributed by atoms with Crippen LogP contribution in [0.1, 0.15) is 5.56 Å². The van der Waals surface area contributed by atoms with Crippen molar-refractivity contribution in [1.29, 1.82) is 0 Å². The van der Waals surface area contributed by atoms with E-state index in [9.17, 15) is 18.0 Å². The number of nitrogens with one attached hydrogen (secondary N) is 2. The van der Waals surface area contributed by atoms with Crippen molar-refractivity contribution in [2.45, 2.75) is 6.18 Å². The summed E-state index contributed by atoms with van der Waals surface area (Å²) in [7, 11) is 0. The molecule has 3 aromatic rings. The number of fused-ring (bicyclic) bond motifs is 1. The maximum absolute atomic E-state index is 12.4. The number of nitrogens with zero attached hydrogens (tertiary/aromatic N) is 1. The zero-order valence-corrected chi connectivity index (χ0v) is 10.4. The number of oxazole rings is 1. The summed E-state index contributed by atoms with van der Waals surface area (Å²) in [4.78, 5) is 17.2. The summed E-state index contributed by atoms with van der Waals surface area (Å²) < 4.78 is 42.1. The van der Waals surface area contributed by atoms with Gasteiger partial charge in [0, 0.05) is 18.0 Å². The first kappa shape index (κ1) is 13.2. The lowest BCUT2D eigenvalue weighted by atomic mass is 10.2. The molecule has 1 aromatic carbocycles. The Bertz CT molecular complexity index is 834. The van der Waals surface area contributed by atoms with Crippen molar-refractivity contribution in [2.75, 3.05) is 5.32 Å². The number of H-pyrrole nitrogens is 1. The second-order valence-electron chi connectivity index (χ2n) is 4.28. The van der Waals surface area contributed by atoms with Gasteiger partial charge in [-0.15, -0.1) is 0 Å². The van der Waals surface area contributed by atoms with E-state index in [0.717, 1.165) is 12.3 Å². The molecule has 0 amide bonds. The van der Waals surface area contributed by atoms with E-state index in [-0.39, 0.29) is 5.82 Å². The third-order valence-corrected chi connectivity index (χ3v) is 2.78. The number of rotatable bonds is 2. The van der Waals surface area contributed by atoms with Gasteiger partial charge in [-0.25, -0.2) is 9.78 Å². The lowest BCUT2D eigenvalue weighted by Gasteiger charge is -2.08. The molecular weight excluding hydrogens is 287 g/mol. The number of hydrogen-bond donors (Lipinski definition) is 2. The highest BCUT2D eigenvalue weighted by Gasteiger charge is 2.30. The minimum absolute atomic E-state index is 0.250. The van der Waals surface area contributed by atoms with Crippen molar-refractivity contribution in [2.24, 2.45) is 0 Å². The van der Waals surface area contributed by atoms with Crippen LogP contribution >= 0.6 is 0 Å². The molecule has 0 bridgehead atoms. The van der Waals surface area contributed by atoms with Gasteiger partial charge in [-0.3, -0.25) is 4.98 Å². The normalized spacial score (nSPS) is 11.8. The third kappa shape index (κ3) is 2.73. The van der Waals surface area contributed by atoms with Gasteiger partial charge in [-0.1, -0.05) is 0 Å². The van der Waals surface area contributed by atoms with E-state index in [1.54, 1.807) is 18.2 Å². The van der Waals surface area contributed by atoms with Crippen LogP contribution in [0, 0.1) is 0 Å². The van der Waals surface area contributed by atoms with Crippen LogP contribution in [0.25, 0.3) is 11.1 Å². The molecule has 0 radical (unpaired) electrons. The molecule has 0 aliphatic carbocycles. The average Bonchev–Trinajstić information content (AvgIpc) is 2.78. The number of aromatic nitrogens is 2. The number of aromatic amines is 1. The lowest BCUT2D eigenvalue weighted by Crippen LogP contribution is -2.05. The number of hydrogen-bond acceptors (Lipinski definition) is 4. The van der Waals surface area contributed by atoms with Crippen molar-refractivity contribution in [3.8, 4) is 0 Å². The van der Waals surface area contributed by atoms with Crippen molar-refractivity contribution in [3.63, 3.8) is 0 Å². The van der Waals surface area contributed by atoms with Crippen molar-refractivity contribution >= 4 is 22.6 Å². The van der Waals surface area contributed by atoms with Crippen LogP contribution < -0.4 is 11.1 Å². The topological polar surface area (TPSA) is 70.9 Å². The van der Waals surface area contributed by atoms with Gasteiger partial charge in [0.1, 0.15) is 5.82 Å². The average molecular weight is 295 g/mol. The SMILES string of the molecule is O=c1[nH]c2ccc(Nc3ccc(C(F)(F)F)cn3)cc2o1. The Balaban J connectivity index is 1.86. The zero-order valence-electron chi connectivity index (χ0n) is 10.4. The van der Waals surface area contributed by atoms with Gasteiger partial charge in [0.05, 0.1) is 11.1 Å². The Morgan fingerprint density at radius 1 is 1.19 bits per heavy atom. The van der Waals surface area contributed by atoms with Gasteiger partial charge in [-0.05, 0) is 24.3 Å². The Labute approximate surface area is 115 Å². The Morgan fingerprint density at radius 3 is 2.67 bits per heavy atom. The summed E-state index contributed by atoms with van der Waals surface area (Å²) in [6, 6.07) is 6.97. The van der Waals surface area contributed by atoms with Crippen LogP contribution in [0.5, 0.6) is 0 Å². The van der Waals surface area contributed by atoms with Crippen LogP contribution in [0.2, 0.25) is 0 Å². The van der Waals surface area contributed by atoms with E-state index >= 15 is 0 Å². The standard InChI is InChI=1S/C13H8F3N3O2/c14-13(15,16)7-1-4-11(17-6-7)18-8-2-3-9-10(5-8)21-12(20)19-9/h1-6H,(H,17,18)(H,19,20). The minimum atomic E-state index is -4.42. The van der Waals surface area contributed by atoms with Gasteiger partial charge in [0.2, 0.25) is 0 Å². The molecule has 0 spiro atoms. The van der Waals surface area contributed by atoms with Gasteiger partial charge < -0.3 is 9.73 Å².